The van der Waals surface area contributed by atoms with Gasteiger partial charge in [-0.3, -0.25) is 14.3 Å². The number of aryl methyl sites for hydroxylation is 1. The van der Waals surface area contributed by atoms with Gasteiger partial charge in [0.2, 0.25) is 0 Å². The minimum atomic E-state index is -3.03. The quantitative estimate of drug-likeness (QED) is 0.325. The third-order valence-corrected chi connectivity index (χ3v) is 3.78. The van der Waals surface area contributed by atoms with Gasteiger partial charge < -0.3 is 0 Å². The monoisotopic (exact) mass is 395 g/mol. The molecule has 0 fully saturated rings. The van der Waals surface area contributed by atoms with E-state index >= 15 is 0 Å². The van der Waals surface area contributed by atoms with Crippen molar-refractivity contribution in [1.82, 2.24) is 14.8 Å². The second-order valence-corrected chi connectivity index (χ2v) is 5.73. The third kappa shape index (κ3) is 4.07. The third-order valence-electron chi connectivity index (χ3n) is 3.78. The van der Waals surface area contributed by atoms with E-state index in [-0.39, 0.29) is 0 Å². The maximum absolute atomic E-state index is 13.8. The number of carbonyl (C=O) groups excluding carboxylic acids is 1. The molecule has 0 aliphatic heterocycles. The largest absolute Gasteiger partial charge is 0.282 e. The van der Waals surface area contributed by atoms with Gasteiger partial charge >= 0.3 is 0 Å². The molecule has 0 spiro atoms. The second-order valence-electron chi connectivity index (χ2n) is 5.73. The lowest BCUT2D eigenvalue weighted by Gasteiger charge is -2.26. The Kier molecular flexibility index (Phi) is 6.14. The smallest absolute Gasteiger partial charge is 0.275 e. The molecule has 1 aromatic carbocycles. The van der Waals surface area contributed by atoms with Gasteiger partial charge in [0.05, 0.1) is 18.7 Å². The molecule has 148 valence electrons. The number of rotatable bonds is 6. The van der Waals surface area contributed by atoms with Gasteiger partial charge in [0.1, 0.15) is 5.69 Å². The zero-order valence-corrected chi connectivity index (χ0v) is 14.4. The van der Waals surface area contributed by atoms with Gasteiger partial charge in [0.25, 0.3) is 12.3 Å². The Hall–Kier alpha value is -2.56. The topological polar surface area (TPSA) is 47.4 Å². The van der Waals surface area contributed by atoms with Crippen molar-refractivity contribution in [2.75, 3.05) is 7.11 Å². The molecule has 0 saturated heterocycles. The van der Waals surface area contributed by atoms with Crippen LogP contribution in [0.2, 0.25) is 0 Å². The van der Waals surface area contributed by atoms with Crippen molar-refractivity contribution in [3.05, 3.63) is 52.4 Å². The van der Waals surface area contributed by atoms with Gasteiger partial charge in [-0.15, -0.1) is 0 Å². The van der Waals surface area contributed by atoms with Gasteiger partial charge in [-0.25, -0.2) is 31.4 Å². The summed E-state index contributed by atoms with van der Waals surface area (Å²) in [5.74, 6) is -8.16. The number of hydroxylamine groups is 2. The highest BCUT2D eigenvalue weighted by Gasteiger charge is 2.30. The Balaban J connectivity index is 2.32. The van der Waals surface area contributed by atoms with E-state index in [1.807, 2.05) is 0 Å². The van der Waals surface area contributed by atoms with Crippen LogP contribution >= 0.6 is 0 Å². The van der Waals surface area contributed by atoms with Crippen molar-refractivity contribution in [1.29, 1.82) is 0 Å². The number of halogens is 6. The maximum Gasteiger partial charge on any atom is 0.282 e. The first-order valence-electron chi connectivity index (χ1n) is 7.59. The highest BCUT2D eigenvalue weighted by atomic mass is 19.3. The van der Waals surface area contributed by atoms with Crippen LogP contribution in [-0.4, -0.2) is 33.9 Å². The molecule has 1 heterocycles. The van der Waals surface area contributed by atoms with E-state index in [1.165, 1.54) is 14.0 Å². The number of nitrogens with zero attached hydrogens (tertiary/aromatic N) is 3. The molecule has 0 aliphatic rings. The summed E-state index contributed by atoms with van der Waals surface area (Å²) in [5, 5.41) is 4.14. The van der Waals surface area contributed by atoms with E-state index in [1.54, 1.807) is 0 Å². The van der Waals surface area contributed by atoms with E-state index in [0.29, 0.717) is 11.1 Å². The molecule has 1 unspecified atom stereocenters. The number of carbonyl (C=O) groups is 1. The lowest BCUT2D eigenvalue weighted by atomic mass is 10.0. The molecule has 1 amide bonds. The van der Waals surface area contributed by atoms with E-state index in [4.69, 9.17) is 4.84 Å². The molecule has 1 aromatic heterocycles. The summed E-state index contributed by atoms with van der Waals surface area (Å²) in [4.78, 5) is 17.4. The van der Waals surface area contributed by atoms with Crippen molar-refractivity contribution in [2.45, 2.75) is 25.8 Å². The molecule has 2 rings (SSSR count). The fourth-order valence-electron chi connectivity index (χ4n) is 2.58. The van der Waals surface area contributed by atoms with Crippen LogP contribution in [0.25, 0.3) is 0 Å². The highest BCUT2D eigenvalue weighted by Crippen LogP contribution is 2.25. The van der Waals surface area contributed by atoms with Crippen molar-refractivity contribution in [3.63, 3.8) is 0 Å². The normalized spacial score (nSPS) is 12.5. The SMILES string of the molecule is CON(C(=O)c1cn(C)nc1C(F)F)C(C)Cc1cc(F)c(F)c(F)c1F. The number of alkyl halides is 2. The predicted molar refractivity (Wildman–Crippen MR) is 80.8 cm³/mol. The van der Waals surface area contributed by atoms with E-state index < -0.39 is 64.9 Å². The zero-order chi connectivity index (χ0) is 20.5. The first-order valence-corrected chi connectivity index (χ1v) is 7.59. The summed E-state index contributed by atoms with van der Waals surface area (Å²) in [6.45, 7) is 1.33. The molecule has 5 nitrogen and oxygen atoms in total. The van der Waals surface area contributed by atoms with Crippen LogP contribution in [0.3, 0.4) is 0 Å². The van der Waals surface area contributed by atoms with E-state index in [0.717, 1.165) is 18.0 Å². The Morgan fingerprint density at radius 2 is 1.85 bits per heavy atom. The fourth-order valence-corrected chi connectivity index (χ4v) is 2.58. The van der Waals surface area contributed by atoms with Crippen LogP contribution in [-0.2, 0) is 18.3 Å². The van der Waals surface area contributed by atoms with Crippen molar-refractivity contribution in [2.24, 2.45) is 7.05 Å². The van der Waals surface area contributed by atoms with Crippen molar-refractivity contribution < 1.29 is 36.0 Å². The number of hydrogen-bond donors (Lipinski definition) is 0. The minimum absolute atomic E-state index is 0.446. The predicted octanol–water partition coefficient (Wildman–Crippen LogP) is 3.55. The summed E-state index contributed by atoms with van der Waals surface area (Å²) in [7, 11) is 2.40. The lowest BCUT2D eigenvalue weighted by Crippen LogP contribution is -2.39. The van der Waals surface area contributed by atoms with Gasteiger partial charge in [-0.2, -0.15) is 5.10 Å². The zero-order valence-electron chi connectivity index (χ0n) is 14.4. The number of aromatic nitrogens is 2. The lowest BCUT2D eigenvalue weighted by molar-refractivity contribution is -0.119. The molecule has 27 heavy (non-hydrogen) atoms. The summed E-state index contributed by atoms with van der Waals surface area (Å²) in [5.41, 5.74) is -1.77. The van der Waals surface area contributed by atoms with Crippen molar-refractivity contribution in [3.8, 4) is 0 Å². The molecule has 0 N–H and O–H groups in total. The van der Waals surface area contributed by atoms with Crippen LogP contribution in [0.5, 0.6) is 0 Å². The maximum atomic E-state index is 13.8. The van der Waals surface area contributed by atoms with Gasteiger partial charge in [-0.05, 0) is 25.0 Å². The average Bonchev–Trinajstić information content (AvgIpc) is 3.00. The number of amides is 1. The second kappa shape index (κ2) is 7.99. The van der Waals surface area contributed by atoms with Gasteiger partial charge in [0, 0.05) is 13.2 Å². The van der Waals surface area contributed by atoms with E-state index in [9.17, 15) is 31.1 Å². The summed E-state index contributed by atoms with van der Waals surface area (Å²) in [6, 6.07) is -0.580. The Morgan fingerprint density at radius 3 is 2.41 bits per heavy atom. The average molecular weight is 395 g/mol. The summed E-state index contributed by atoms with van der Waals surface area (Å²) >= 11 is 0. The minimum Gasteiger partial charge on any atom is -0.275 e. The molecule has 11 heteroatoms. The van der Waals surface area contributed by atoms with Gasteiger partial charge in [0.15, 0.2) is 23.3 Å². The van der Waals surface area contributed by atoms with Crippen LogP contribution in [0, 0.1) is 23.3 Å². The summed E-state index contributed by atoms with van der Waals surface area (Å²) < 4.78 is 80.7. The summed E-state index contributed by atoms with van der Waals surface area (Å²) in [6.07, 6.45) is -2.44. The van der Waals surface area contributed by atoms with Crippen LogP contribution in [0.15, 0.2) is 12.3 Å². The molecular formula is C16H15F6N3O2. The van der Waals surface area contributed by atoms with Crippen molar-refractivity contribution >= 4 is 5.91 Å². The van der Waals surface area contributed by atoms with Crippen LogP contribution in [0.4, 0.5) is 26.3 Å². The molecule has 1 atom stereocenters. The highest BCUT2D eigenvalue weighted by molar-refractivity contribution is 5.94. The number of benzene rings is 1. The molecule has 0 bridgehead atoms. The van der Waals surface area contributed by atoms with Gasteiger partial charge in [-0.1, -0.05) is 0 Å². The molecule has 0 aliphatic carbocycles. The Morgan fingerprint density at radius 1 is 1.22 bits per heavy atom. The standard InChI is InChI=1S/C16H15F6N3O2/c1-7(4-8-5-10(17)12(19)13(20)11(8)18)25(27-3)16(26)9-6-24(2)23-14(9)15(21)22/h5-7,15H,4H2,1-3H3. The first-order chi connectivity index (χ1) is 12.6. The molecule has 0 saturated carbocycles. The van der Waals surface area contributed by atoms with Crippen LogP contribution in [0.1, 0.15) is 35.0 Å². The molecule has 0 radical (unpaired) electrons. The fraction of sp³-hybridized carbons (Fsp3) is 0.375. The number of hydrogen-bond acceptors (Lipinski definition) is 3. The molecule has 2 aromatic rings. The molecular weight excluding hydrogens is 380 g/mol. The first kappa shape index (κ1) is 20.7. The van der Waals surface area contributed by atoms with E-state index in [2.05, 4.69) is 5.10 Å². The Bertz CT molecular complexity index is 855. The Labute approximate surface area is 150 Å². The van der Waals surface area contributed by atoms with Crippen LogP contribution < -0.4 is 0 Å².